The van der Waals surface area contributed by atoms with Gasteiger partial charge < -0.3 is 13.4 Å². The highest BCUT2D eigenvalue weighted by Crippen LogP contribution is 2.38. The van der Waals surface area contributed by atoms with Crippen molar-refractivity contribution in [2.24, 2.45) is 0 Å². The second kappa shape index (κ2) is 10.7. The van der Waals surface area contributed by atoms with Crippen molar-refractivity contribution in [3.8, 4) is 39.9 Å². The molecule has 51 heavy (non-hydrogen) atoms. The van der Waals surface area contributed by atoms with Gasteiger partial charge in [0.05, 0.1) is 16.6 Å². The molecule has 0 aliphatic rings. The van der Waals surface area contributed by atoms with Crippen molar-refractivity contribution < 1.29 is 8.83 Å². The normalized spacial score (nSPS) is 11.9. The SMILES string of the molecule is c1ccc(-n2c3ccccc3c3cc(-c4nc(-c5ccc6c(c5)oc5ccccc56)nc(-c5cccc6c5oc5ccccc56)n4)ccc32)cc1. The Hall–Kier alpha value is -7.05. The first-order valence-electron chi connectivity index (χ1n) is 16.9. The number of hydrogen-bond donors (Lipinski definition) is 0. The van der Waals surface area contributed by atoms with Gasteiger partial charge in [-0.05, 0) is 66.7 Å². The van der Waals surface area contributed by atoms with Gasteiger partial charge in [0.2, 0.25) is 0 Å². The van der Waals surface area contributed by atoms with Crippen LogP contribution in [0.5, 0.6) is 0 Å². The molecule has 0 saturated carbocycles. The minimum Gasteiger partial charge on any atom is -0.456 e. The maximum absolute atomic E-state index is 6.45. The molecule has 11 aromatic rings. The van der Waals surface area contributed by atoms with Crippen molar-refractivity contribution in [3.63, 3.8) is 0 Å². The minimum absolute atomic E-state index is 0.538. The third-order valence-corrected chi connectivity index (χ3v) is 9.86. The number of nitrogens with zero attached hydrogens (tertiary/aromatic N) is 4. The maximum atomic E-state index is 6.45. The standard InChI is InChI=1S/C45H26N4O2/c1-2-11-29(12-3-1)49-37-18-7-4-13-30(37)36-25-27(22-24-38(36)49)43-46-44(28-21-23-33-31-14-5-8-19-39(31)50-41(33)26-28)48-45(47-43)35-17-10-16-34-32-15-6-9-20-40(32)51-42(34)35/h1-26H. The van der Waals surface area contributed by atoms with Gasteiger partial charge in [0.25, 0.3) is 0 Å². The van der Waals surface area contributed by atoms with Gasteiger partial charge >= 0.3 is 0 Å². The molecule has 11 rings (SSSR count). The quantitative estimate of drug-likeness (QED) is 0.189. The number of para-hydroxylation sites is 5. The zero-order chi connectivity index (χ0) is 33.5. The molecule has 238 valence electrons. The van der Waals surface area contributed by atoms with E-state index in [9.17, 15) is 0 Å². The molecule has 0 aliphatic heterocycles. The monoisotopic (exact) mass is 654 g/mol. The van der Waals surface area contributed by atoms with Gasteiger partial charge in [-0.2, -0.15) is 0 Å². The summed E-state index contributed by atoms with van der Waals surface area (Å²) in [6, 6.07) is 54.0. The summed E-state index contributed by atoms with van der Waals surface area (Å²) in [4.78, 5) is 15.4. The highest BCUT2D eigenvalue weighted by molar-refractivity contribution is 6.11. The summed E-state index contributed by atoms with van der Waals surface area (Å²) in [6.45, 7) is 0. The molecule has 7 aromatic carbocycles. The Morgan fingerprint density at radius 3 is 1.78 bits per heavy atom. The highest BCUT2D eigenvalue weighted by atomic mass is 16.3. The van der Waals surface area contributed by atoms with Gasteiger partial charge in [-0.15, -0.1) is 0 Å². The largest absolute Gasteiger partial charge is 0.456 e. The number of furan rings is 2. The van der Waals surface area contributed by atoms with E-state index >= 15 is 0 Å². The molecule has 6 nitrogen and oxygen atoms in total. The molecule has 0 aliphatic carbocycles. The fourth-order valence-corrected chi connectivity index (χ4v) is 7.51. The fourth-order valence-electron chi connectivity index (χ4n) is 7.51. The summed E-state index contributed by atoms with van der Waals surface area (Å²) in [5.41, 5.74) is 9.11. The third-order valence-electron chi connectivity index (χ3n) is 9.86. The predicted molar refractivity (Wildman–Crippen MR) is 205 cm³/mol. The number of rotatable bonds is 4. The summed E-state index contributed by atoms with van der Waals surface area (Å²) in [5, 5.41) is 6.49. The summed E-state index contributed by atoms with van der Waals surface area (Å²) in [5.74, 6) is 1.67. The van der Waals surface area contributed by atoms with E-state index < -0.39 is 0 Å². The van der Waals surface area contributed by atoms with Crippen LogP contribution in [0.2, 0.25) is 0 Å². The second-order valence-corrected chi connectivity index (χ2v) is 12.8. The molecule has 0 bridgehead atoms. The van der Waals surface area contributed by atoms with Crippen LogP contribution >= 0.6 is 0 Å². The van der Waals surface area contributed by atoms with Crippen molar-refractivity contribution in [2.45, 2.75) is 0 Å². The molecule has 0 amide bonds. The first-order chi connectivity index (χ1) is 25.3. The first kappa shape index (κ1) is 27.9. The van der Waals surface area contributed by atoms with Crippen LogP contribution in [0.4, 0.5) is 0 Å². The molecule has 4 heterocycles. The Morgan fingerprint density at radius 1 is 0.373 bits per heavy atom. The highest BCUT2D eigenvalue weighted by Gasteiger charge is 2.20. The van der Waals surface area contributed by atoms with Crippen molar-refractivity contribution in [1.82, 2.24) is 19.5 Å². The molecule has 0 atom stereocenters. The fraction of sp³-hybridized carbons (Fsp3) is 0. The van der Waals surface area contributed by atoms with Crippen LogP contribution < -0.4 is 0 Å². The lowest BCUT2D eigenvalue weighted by atomic mass is 10.1. The lowest BCUT2D eigenvalue weighted by Gasteiger charge is -2.10. The van der Waals surface area contributed by atoms with Crippen LogP contribution in [-0.4, -0.2) is 19.5 Å². The number of fused-ring (bicyclic) bond motifs is 9. The van der Waals surface area contributed by atoms with Crippen molar-refractivity contribution >= 4 is 65.7 Å². The molecule has 6 heteroatoms. The van der Waals surface area contributed by atoms with Crippen LogP contribution in [0.15, 0.2) is 167 Å². The Morgan fingerprint density at radius 2 is 0.961 bits per heavy atom. The van der Waals surface area contributed by atoms with E-state index in [1.807, 2.05) is 60.7 Å². The summed E-state index contributed by atoms with van der Waals surface area (Å²) in [7, 11) is 0. The Bertz CT molecular complexity index is 3150. The number of aromatic nitrogens is 4. The molecule has 0 radical (unpaired) electrons. The van der Waals surface area contributed by atoms with E-state index in [-0.39, 0.29) is 0 Å². The Balaban J connectivity index is 1.16. The molecule has 0 saturated heterocycles. The second-order valence-electron chi connectivity index (χ2n) is 12.8. The topological polar surface area (TPSA) is 69.9 Å². The molecule has 0 unspecified atom stereocenters. The van der Waals surface area contributed by atoms with E-state index in [1.54, 1.807) is 0 Å². The molecular formula is C45H26N4O2. The zero-order valence-corrected chi connectivity index (χ0v) is 27.1. The average Bonchev–Trinajstić information content (AvgIpc) is 3.87. The summed E-state index contributed by atoms with van der Waals surface area (Å²) < 4.78 is 15.0. The minimum atomic E-state index is 0.538. The van der Waals surface area contributed by atoms with Crippen LogP contribution in [-0.2, 0) is 0 Å². The van der Waals surface area contributed by atoms with Crippen LogP contribution in [0.25, 0.3) is 106 Å². The Labute approximate surface area is 290 Å². The van der Waals surface area contributed by atoms with Crippen LogP contribution in [0.1, 0.15) is 0 Å². The molecular weight excluding hydrogens is 629 g/mol. The average molecular weight is 655 g/mol. The molecule has 4 aromatic heterocycles. The van der Waals surface area contributed by atoms with E-state index in [2.05, 4.69) is 102 Å². The van der Waals surface area contributed by atoms with Gasteiger partial charge in [0.15, 0.2) is 17.5 Å². The smallest absolute Gasteiger partial charge is 0.167 e. The number of benzene rings is 7. The van der Waals surface area contributed by atoms with Crippen LogP contribution in [0, 0.1) is 0 Å². The summed E-state index contributed by atoms with van der Waals surface area (Å²) in [6.07, 6.45) is 0. The van der Waals surface area contributed by atoms with E-state index in [1.165, 1.54) is 0 Å². The van der Waals surface area contributed by atoms with Crippen molar-refractivity contribution in [3.05, 3.63) is 158 Å². The van der Waals surface area contributed by atoms with Gasteiger partial charge in [-0.25, -0.2) is 15.0 Å². The maximum Gasteiger partial charge on any atom is 0.167 e. The van der Waals surface area contributed by atoms with Gasteiger partial charge in [-0.1, -0.05) is 91.0 Å². The lowest BCUT2D eigenvalue weighted by Crippen LogP contribution is -2.00. The van der Waals surface area contributed by atoms with Gasteiger partial charge in [0.1, 0.15) is 22.3 Å². The predicted octanol–water partition coefficient (Wildman–Crippen LogP) is 11.8. The first-order valence-corrected chi connectivity index (χ1v) is 16.9. The van der Waals surface area contributed by atoms with E-state index in [0.717, 1.165) is 88.1 Å². The van der Waals surface area contributed by atoms with Crippen molar-refractivity contribution in [2.75, 3.05) is 0 Å². The third kappa shape index (κ3) is 4.26. The molecule has 0 fully saturated rings. The van der Waals surface area contributed by atoms with Gasteiger partial charge in [0, 0.05) is 49.1 Å². The molecule has 0 N–H and O–H groups in total. The number of hydrogen-bond acceptors (Lipinski definition) is 5. The zero-order valence-electron chi connectivity index (χ0n) is 27.1. The molecule has 0 spiro atoms. The van der Waals surface area contributed by atoms with E-state index in [0.29, 0.717) is 17.5 Å². The van der Waals surface area contributed by atoms with Crippen molar-refractivity contribution in [1.29, 1.82) is 0 Å². The lowest BCUT2D eigenvalue weighted by molar-refractivity contribution is 0.668. The Kier molecular flexibility index (Phi) is 5.86. The summed E-state index contributed by atoms with van der Waals surface area (Å²) >= 11 is 0. The van der Waals surface area contributed by atoms with Crippen LogP contribution in [0.3, 0.4) is 0 Å². The van der Waals surface area contributed by atoms with E-state index in [4.69, 9.17) is 23.8 Å². The van der Waals surface area contributed by atoms with Gasteiger partial charge in [-0.3, -0.25) is 0 Å².